The van der Waals surface area contributed by atoms with E-state index in [0.29, 0.717) is 13.1 Å². The van der Waals surface area contributed by atoms with Gasteiger partial charge in [0.1, 0.15) is 0 Å². The molecule has 18 heavy (non-hydrogen) atoms. The Kier molecular flexibility index (Phi) is 4.22. The topological polar surface area (TPSA) is 55.7 Å². The van der Waals surface area contributed by atoms with Gasteiger partial charge in [-0.1, -0.05) is 24.6 Å². The molecule has 0 saturated carbocycles. The van der Waals surface area contributed by atoms with Crippen molar-refractivity contribution in [2.45, 2.75) is 32.6 Å². The Morgan fingerprint density at radius 3 is 2.56 bits per heavy atom. The van der Waals surface area contributed by atoms with E-state index in [0.717, 1.165) is 18.8 Å². The van der Waals surface area contributed by atoms with Crippen molar-refractivity contribution in [2.24, 2.45) is 0 Å². The van der Waals surface area contributed by atoms with Crippen molar-refractivity contribution in [3.8, 4) is 0 Å². The lowest BCUT2D eigenvalue weighted by Gasteiger charge is -2.22. The minimum absolute atomic E-state index is 0.503. The number of β-amino-alcohol motifs (C(OH)–C–C–N with tert-alkyl or cyclic N) is 2. The molecule has 2 atom stereocenters. The Balaban J connectivity index is 2.21. The Hall–Kier alpha value is -1.10. The van der Waals surface area contributed by atoms with Crippen molar-refractivity contribution < 1.29 is 10.2 Å². The summed E-state index contributed by atoms with van der Waals surface area (Å²) in [5, 5.41) is 22.6. The molecule has 0 radical (unpaired) electrons. The first-order valence-electron chi connectivity index (χ1n) is 6.53. The van der Waals surface area contributed by atoms with Crippen LogP contribution < -0.4 is 10.2 Å². The molecule has 0 aliphatic carbocycles. The number of hydrogen-bond acceptors (Lipinski definition) is 4. The van der Waals surface area contributed by atoms with Gasteiger partial charge in [-0.3, -0.25) is 0 Å². The van der Waals surface area contributed by atoms with Gasteiger partial charge < -0.3 is 20.4 Å². The third kappa shape index (κ3) is 2.83. The lowest BCUT2D eigenvalue weighted by Crippen LogP contribution is -2.24. The highest BCUT2D eigenvalue weighted by Gasteiger charge is 2.30. The molecule has 1 aromatic carbocycles. The quantitative estimate of drug-likeness (QED) is 0.734. The van der Waals surface area contributed by atoms with Gasteiger partial charge in [-0.05, 0) is 25.1 Å². The predicted octanol–water partition coefficient (Wildman–Crippen LogP) is 0.646. The fourth-order valence-corrected chi connectivity index (χ4v) is 2.39. The third-order valence-electron chi connectivity index (χ3n) is 3.40. The van der Waals surface area contributed by atoms with Gasteiger partial charge >= 0.3 is 0 Å². The molecule has 0 spiro atoms. The lowest BCUT2D eigenvalue weighted by molar-refractivity contribution is 0.0572. The fraction of sp³-hybridized carbons (Fsp3) is 0.571. The molecule has 3 N–H and O–H groups in total. The van der Waals surface area contributed by atoms with Gasteiger partial charge in [0.05, 0.1) is 12.2 Å². The van der Waals surface area contributed by atoms with Crippen LogP contribution in [0.5, 0.6) is 0 Å². The van der Waals surface area contributed by atoms with Crippen molar-refractivity contribution >= 4 is 5.69 Å². The average molecular weight is 250 g/mol. The average Bonchev–Trinajstić information content (AvgIpc) is 2.67. The van der Waals surface area contributed by atoms with Crippen molar-refractivity contribution in [3.63, 3.8) is 0 Å². The second-order valence-electron chi connectivity index (χ2n) is 4.95. The lowest BCUT2D eigenvalue weighted by atomic mass is 10.1. The first-order chi connectivity index (χ1) is 8.61. The number of aliphatic hydroxyl groups excluding tert-OH is 2. The van der Waals surface area contributed by atoms with Crippen molar-refractivity contribution in [1.29, 1.82) is 0 Å². The number of hydrogen-bond donors (Lipinski definition) is 3. The van der Waals surface area contributed by atoms with E-state index in [2.05, 4.69) is 42.3 Å². The highest BCUT2D eigenvalue weighted by molar-refractivity contribution is 5.56. The number of anilines is 1. The van der Waals surface area contributed by atoms with E-state index < -0.39 is 12.2 Å². The molecule has 0 amide bonds. The van der Waals surface area contributed by atoms with E-state index in [-0.39, 0.29) is 0 Å². The van der Waals surface area contributed by atoms with Gasteiger partial charge in [0.2, 0.25) is 0 Å². The molecule has 4 heteroatoms. The number of nitrogens with zero attached hydrogens (tertiary/aromatic N) is 1. The summed E-state index contributed by atoms with van der Waals surface area (Å²) in [6, 6.07) is 6.31. The van der Waals surface area contributed by atoms with Crippen molar-refractivity contribution in [2.75, 3.05) is 24.5 Å². The smallest absolute Gasteiger partial charge is 0.0990 e. The first-order valence-corrected chi connectivity index (χ1v) is 6.53. The van der Waals surface area contributed by atoms with E-state index in [4.69, 9.17) is 0 Å². The van der Waals surface area contributed by atoms with E-state index in [1.54, 1.807) is 0 Å². The molecular formula is C14H22N2O2. The zero-order chi connectivity index (χ0) is 13.1. The SMILES string of the molecule is CCNCc1cc(C)ccc1N1CC(O)C(O)C1. The molecule has 2 unspecified atom stereocenters. The molecule has 1 heterocycles. The molecule has 2 rings (SSSR count). The largest absolute Gasteiger partial charge is 0.389 e. The zero-order valence-electron chi connectivity index (χ0n) is 11.1. The molecule has 0 bridgehead atoms. The molecule has 100 valence electrons. The number of benzene rings is 1. The van der Waals surface area contributed by atoms with Crippen LogP contribution in [0.3, 0.4) is 0 Å². The molecule has 1 aliphatic rings. The summed E-state index contributed by atoms with van der Waals surface area (Å²) >= 11 is 0. The Bertz CT molecular complexity index is 399. The van der Waals surface area contributed by atoms with Gasteiger partial charge in [0, 0.05) is 25.3 Å². The summed E-state index contributed by atoms with van der Waals surface area (Å²) < 4.78 is 0. The van der Waals surface area contributed by atoms with Gasteiger partial charge in [0.15, 0.2) is 0 Å². The van der Waals surface area contributed by atoms with Gasteiger partial charge in [0.25, 0.3) is 0 Å². The molecule has 1 aromatic rings. The van der Waals surface area contributed by atoms with Crippen LogP contribution in [0.1, 0.15) is 18.1 Å². The normalized spacial score (nSPS) is 23.7. The highest BCUT2D eigenvalue weighted by atomic mass is 16.3. The second-order valence-corrected chi connectivity index (χ2v) is 4.95. The highest BCUT2D eigenvalue weighted by Crippen LogP contribution is 2.26. The van der Waals surface area contributed by atoms with Gasteiger partial charge in [-0.25, -0.2) is 0 Å². The summed E-state index contributed by atoms with van der Waals surface area (Å²) in [4.78, 5) is 2.06. The molecule has 1 aliphatic heterocycles. The second kappa shape index (κ2) is 5.69. The molecule has 4 nitrogen and oxygen atoms in total. The van der Waals surface area contributed by atoms with Crippen LogP contribution >= 0.6 is 0 Å². The number of aliphatic hydroxyl groups is 2. The summed E-state index contributed by atoms with van der Waals surface area (Å²) in [5.74, 6) is 0. The number of rotatable bonds is 4. The van der Waals surface area contributed by atoms with E-state index in [9.17, 15) is 10.2 Å². The van der Waals surface area contributed by atoms with Crippen LogP contribution in [0.25, 0.3) is 0 Å². The minimum atomic E-state index is -0.640. The van der Waals surface area contributed by atoms with Gasteiger partial charge in [-0.2, -0.15) is 0 Å². The summed E-state index contributed by atoms with van der Waals surface area (Å²) in [7, 11) is 0. The van der Waals surface area contributed by atoms with Crippen LogP contribution in [0.15, 0.2) is 18.2 Å². The first kappa shape index (κ1) is 13.3. The van der Waals surface area contributed by atoms with Crippen molar-refractivity contribution in [1.82, 2.24) is 5.32 Å². The fourth-order valence-electron chi connectivity index (χ4n) is 2.39. The standard InChI is InChI=1S/C14H22N2O2/c1-3-15-7-11-6-10(2)4-5-12(11)16-8-13(17)14(18)9-16/h4-6,13-15,17-18H,3,7-9H2,1-2H3. The maximum absolute atomic E-state index is 9.64. The van der Waals surface area contributed by atoms with Crippen molar-refractivity contribution in [3.05, 3.63) is 29.3 Å². The van der Waals surface area contributed by atoms with E-state index in [1.165, 1.54) is 11.1 Å². The van der Waals surface area contributed by atoms with E-state index in [1.807, 2.05) is 0 Å². The monoisotopic (exact) mass is 250 g/mol. The summed E-state index contributed by atoms with van der Waals surface area (Å²) in [6.07, 6.45) is -1.28. The van der Waals surface area contributed by atoms with Crippen LogP contribution in [0.2, 0.25) is 0 Å². The molecule has 1 fully saturated rings. The Labute approximate surface area is 108 Å². The number of aryl methyl sites for hydroxylation is 1. The minimum Gasteiger partial charge on any atom is -0.389 e. The Morgan fingerprint density at radius 2 is 1.94 bits per heavy atom. The summed E-state index contributed by atoms with van der Waals surface area (Å²) in [6.45, 7) is 6.91. The Morgan fingerprint density at radius 1 is 1.28 bits per heavy atom. The molecular weight excluding hydrogens is 228 g/mol. The summed E-state index contributed by atoms with van der Waals surface area (Å²) in [5.41, 5.74) is 3.56. The van der Waals surface area contributed by atoms with Gasteiger partial charge in [-0.15, -0.1) is 0 Å². The van der Waals surface area contributed by atoms with Crippen LogP contribution in [-0.2, 0) is 6.54 Å². The van der Waals surface area contributed by atoms with E-state index >= 15 is 0 Å². The molecule has 1 saturated heterocycles. The van der Waals surface area contributed by atoms with Crippen LogP contribution in [-0.4, -0.2) is 42.1 Å². The number of nitrogens with one attached hydrogen (secondary N) is 1. The maximum Gasteiger partial charge on any atom is 0.0990 e. The third-order valence-corrected chi connectivity index (χ3v) is 3.40. The maximum atomic E-state index is 9.64. The predicted molar refractivity (Wildman–Crippen MR) is 72.8 cm³/mol. The molecule has 0 aromatic heterocycles. The zero-order valence-corrected chi connectivity index (χ0v) is 11.1. The van der Waals surface area contributed by atoms with Crippen LogP contribution in [0.4, 0.5) is 5.69 Å². The van der Waals surface area contributed by atoms with Crippen LogP contribution in [0, 0.1) is 6.92 Å².